The third-order valence-corrected chi connectivity index (χ3v) is 4.40. The molecule has 21 heavy (non-hydrogen) atoms. The van der Waals surface area contributed by atoms with Crippen LogP contribution in [-0.4, -0.2) is 71.2 Å². The van der Waals surface area contributed by atoms with Crippen LogP contribution in [0.1, 0.15) is 19.3 Å². The van der Waals surface area contributed by atoms with Gasteiger partial charge < -0.3 is 19.1 Å². The number of ether oxygens (including phenoxy) is 3. The number of rotatable bonds is 7. The summed E-state index contributed by atoms with van der Waals surface area (Å²) in [7, 11) is 8.51. The minimum atomic E-state index is -4.21. The SMILES string of the molecule is [B]C1CCC(COP(=O)(O)OC2CC([B])OC2COC)O1. The molecule has 0 amide bonds. The highest BCUT2D eigenvalue weighted by Gasteiger charge is 2.39. The van der Waals surface area contributed by atoms with Crippen molar-refractivity contribution in [3.63, 3.8) is 0 Å². The quantitative estimate of drug-likeness (QED) is 0.526. The van der Waals surface area contributed by atoms with Crippen molar-refractivity contribution in [2.24, 2.45) is 0 Å². The smallest absolute Gasteiger partial charge is 0.382 e. The maximum Gasteiger partial charge on any atom is 0.472 e. The molecule has 2 rings (SSSR count). The first-order valence-corrected chi connectivity index (χ1v) is 8.36. The molecule has 2 fully saturated rings. The minimum absolute atomic E-state index is 0.0456. The molecule has 4 radical (unpaired) electrons. The lowest BCUT2D eigenvalue weighted by Gasteiger charge is -2.22. The van der Waals surface area contributed by atoms with Gasteiger partial charge >= 0.3 is 7.82 Å². The molecule has 6 atom stereocenters. The average Bonchev–Trinajstić information content (AvgIpc) is 2.94. The van der Waals surface area contributed by atoms with Crippen LogP contribution in [-0.2, 0) is 27.8 Å². The molecule has 0 aromatic carbocycles. The first kappa shape index (κ1) is 17.5. The van der Waals surface area contributed by atoms with Crippen molar-refractivity contribution in [2.75, 3.05) is 20.3 Å². The van der Waals surface area contributed by atoms with Gasteiger partial charge in [0.05, 0.1) is 25.4 Å². The van der Waals surface area contributed by atoms with Gasteiger partial charge in [-0.25, -0.2) is 4.57 Å². The van der Waals surface area contributed by atoms with Crippen molar-refractivity contribution in [1.29, 1.82) is 0 Å². The van der Waals surface area contributed by atoms with Crippen LogP contribution in [0.2, 0.25) is 0 Å². The predicted molar refractivity (Wildman–Crippen MR) is 75.2 cm³/mol. The monoisotopic (exact) mass is 316 g/mol. The molecule has 10 heteroatoms. The fourth-order valence-corrected chi connectivity index (χ4v) is 3.38. The second-order valence-corrected chi connectivity index (χ2v) is 6.59. The molecule has 0 saturated carbocycles. The lowest BCUT2D eigenvalue weighted by Crippen LogP contribution is -2.28. The number of methoxy groups -OCH3 is 1. The topological polar surface area (TPSA) is 83.5 Å². The molecular formula is C11H19B2O7P. The van der Waals surface area contributed by atoms with Crippen molar-refractivity contribution >= 4 is 23.5 Å². The largest absolute Gasteiger partial charge is 0.472 e. The third kappa shape index (κ3) is 5.36. The average molecular weight is 316 g/mol. The molecule has 0 aromatic heterocycles. The molecule has 7 nitrogen and oxygen atoms in total. The second kappa shape index (κ2) is 7.59. The van der Waals surface area contributed by atoms with Gasteiger partial charge in [0, 0.05) is 19.1 Å². The zero-order valence-corrected chi connectivity index (χ0v) is 12.8. The van der Waals surface area contributed by atoms with E-state index in [4.69, 9.17) is 39.0 Å². The van der Waals surface area contributed by atoms with Crippen LogP contribution in [0.4, 0.5) is 0 Å². The maximum absolute atomic E-state index is 12.0. The number of hydrogen-bond donors (Lipinski definition) is 1. The van der Waals surface area contributed by atoms with E-state index in [0.29, 0.717) is 19.3 Å². The van der Waals surface area contributed by atoms with Gasteiger partial charge in [0.2, 0.25) is 0 Å². The van der Waals surface area contributed by atoms with Crippen LogP contribution in [0.5, 0.6) is 0 Å². The summed E-state index contributed by atoms with van der Waals surface area (Å²) < 4.78 is 37.7. The van der Waals surface area contributed by atoms with Gasteiger partial charge in [-0.05, 0) is 19.3 Å². The van der Waals surface area contributed by atoms with E-state index in [2.05, 4.69) is 0 Å². The molecule has 2 aliphatic rings. The van der Waals surface area contributed by atoms with Gasteiger partial charge in [0.1, 0.15) is 21.8 Å². The van der Waals surface area contributed by atoms with E-state index in [-0.39, 0.29) is 25.3 Å². The Labute approximate surface area is 127 Å². The Balaban J connectivity index is 1.80. The van der Waals surface area contributed by atoms with Crippen LogP contribution in [0, 0.1) is 0 Å². The molecule has 0 spiro atoms. The van der Waals surface area contributed by atoms with Gasteiger partial charge in [-0.1, -0.05) is 0 Å². The summed E-state index contributed by atoms with van der Waals surface area (Å²) in [5, 5.41) is 0. The van der Waals surface area contributed by atoms with E-state index >= 15 is 0 Å². The summed E-state index contributed by atoms with van der Waals surface area (Å²) in [5.41, 5.74) is 0. The molecule has 116 valence electrons. The zero-order chi connectivity index (χ0) is 15.5. The van der Waals surface area contributed by atoms with Gasteiger partial charge in [-0.15, -0.1) is 0 Å². The first-order chi connectivity index (χ1) is 9.89. The van der Waals surface area contributed by atoms with Gasteiger partial charge in [0.15, 0.2) is 0 Å². The number of phosphoric ester groups is 1. The standard InChI is InChI=1S/C11H19B2O7P/c1-16-6-9-8(4-11(13)19-9)20-21(14,15)17-5-7-2-3-10(12)18-7/h7-11H,2-6H2,1H3,(H,14,15). The van der Waals surface area contributed by atoms with E-state index < -0.39 is 26.0 Å². The third-order valence-electron chi connectivity index (χ3n) is 3.39. The van der Waals surface area contributed by atoms with E-state index in [0.717, 1.165) is 0 Å². The van der Waals surface area contributed by atoms with Crippen molar-refractivity contribution in [2.45, 2.75) is 49.6 Å². The Morgan fingerprint density at radius 1 is 1.24 bits per heavy atom. The predicted octanol–water partition coefficient (Wildman–Crippen LogP) is 0.0921. The van der Waals surface area contributed by atoms with Crippen LogP contribution in [0.3, 0.4) is 0 Å². The van der Waals surface area contributed by atoms with Crippen LogP contribution < -0.4 is 0 Å². The lowest BCUT2D eigenvalue weighted by atomic mass is 9.96. The minimum Gasteiger partial charge on any atom is -0.382 e. The van der Waals surface area contributed by atoms with Crippen molar-refractivity contribution < 1.29 is 32.7 Å². The summed E-state index contributed by atoms with van der Waals surface area (Å²) in [5.74, 6) is 0. The van der Waals surface area contributed by atoms with E-state index in [1.807, 2.05) is 0 Å². The Kier molecular flexibility index (Phi) is 6.32. The lowest BCUT2D eigenvalue weighted by molar-refractivity contribution is -0.0240. The van der Waals surface area contributed by atoms with Crippen LogP contribution in [0.25, 0.3) is 0 Å². The summed E-state index contributed by atoms with van der Waals surface area (Å²) in [6, 6.07) is -0.892. The highest BCUT2D eigenvalue weighted by atomic mass is 31.2. The molecule has 2 aliphatic heterocycles. The Bertz CT molecular complexity index is 386. The molecule has 1 N–H and O–H groups in total. The molecule has 0 bridgehead atoms. The number of hydrogen-bond acceptors (Lipinski definition) is 6. The van der Waals surface area contributed by atoms with E-state index in [9.17, 15) is 9.46 Å². The Morgan fingerprint density at radius 3 is 2.62 bits per heavy atom. The normalized spacial score (nSPS) is 39.4. The summed E-state index contributed by atoms with van der Waals surface area (Å²) in [6.07, 6.45) is 0.248. The Morgan fingerprint density at radius 2 is 2.00 bits per heavy atom. The van der Waals surface area contributed by atoms with Gasteiger partial charge in [0.25, 0.3) is 0 Å². The maximum atomic E-state index is 12.0. The van der Waals surface area contributed by atoms with Crippen LogP contribution >= 0.6 is 7.82 Å². The van der Waals surface area contributed by atoms with Crippen molar-refractivity contribution in [3.8, 4) is 0 Å². The van der Waals surface area contributed by atoms with Crippen molar-refractivity contribution in [1.82, 2.24) is 0 Å². The van der Waals surface area contributed by atoms with Gasteiger partial charge in [-0.3, -0.25) is 9.05 Å². The van der Waals surface area contributed by atoms with Crippen LogP contribution in [0.15, 0.2) is 0 Å². The van der Waals surface area contributed by atoms with Crippen molar-refractivity contribution in [3.05, 3.63) is 0 Å². The highest BCUT2D eigenvalue weighted by molar-refractivity contribution is 7.47. The summed E-state index contributed by atoms with van der Waals surface area (Å²) in [6.45, 7) is 0.176. The molecule has 2 heterocycles. The second-order valence-electron chi connectivity index (χ2n) is 5.19. The molecule has 0 aliphatic carbocycles. The summed E-state index contributed by atoms with van der Waals surface area (Å²) in [4.78, 5) is 9.76. The molecule has 0 aromatic rings. The van der Waals surface area contributed by atoms with E-state index in [1.54, 1.807) is 0 Å². The Hall–Kier alpha value is 0.120. The van der Waals surface area contributed by atoms with Gasteiger partial charge in [-0.2, -0.15) is 0 Å². The zero-order valence-electron chi connectivity index (χ0n) is 11.9. The molecule has 2 saturated heterocycles. The number of phosphoric acid groups is 1. The molecule has 6 unspecified atom stereocenters. The molecular weight excluding hydrogens is 297 g/mol. The first-order valence-electron chi connectivity index (χ1n) is 6.86. The fraction of sp³-hybridized carbons (Fsp3) is 1.00. The van der Waals surface area contributed by atoms with E-state index in [1.165, 1.54) is 7.11 Å². The summed E-state index contributed by atoms with van der Waals surface area (Å²) >= 11 is 0. The highest BCUT2D eigenvalue weighted by Crippen LogP contribution is 2.47. The fourth-order valence-electron chi connectivity index (χ4n) is 2.41.